The lowest BCUT2D eigenvalue weighted by Crippen LogP contribution is -2.30. The van der Waals surface area contributed by atoms with E-state index in [1.807, 2.05) is 37.3 Å². The standard InChI is InChI=1S/C28H25FN2O4/c1-16(2)12-13-34-20-8-5-7-18(14-20)25-24-26(32)21-15-19(29)10-11-22(21)35-27(24)28(33)31(25)23-9-4-6-17(3)30-23/h4-11,14-16,25H,12-13H2,1-3H3. The molecule has 0 spiro atoms. The molecular formula is C28H25FN2O4. The molecule has 0 aliphatic carbocycles. The SMILES string of the molecule is Cc1cccc(N2C(=O)c3oc4ccc(F)cc4c(=O)c3C2c2cccc(OCCC(C)C)c2)n1. The molecule has 0 N–H and O–H groups in total. The quantitative estimate of drug-likeness (QED) is 0.354. The molecule has 4 aromatic rings. The zero-order chi connectivity index (χ0) is 24.7. The molecule has 7 heteroatoms. The molecule has 0 saturated carbocycles. The third kappa shape index (κ3) is 4.18. The van der Waals surface area contributed by atoms with E-state index in [0.717, 1.165) is 18.2 Å². The number of fused-ring (bicyclic) bond motifs is 2. The summed E-state index contributed by atoms with van der Waals surface area (Å²) < 4.78 is 25.8. The van der Waals surface area contributed by atoms with Crippen LogP contribution >= 0.6 is 0 Å². The lowest BCUT2D eigenvalue weighted by atomic mass is 9.98. The number of hydrogen-bond acceptors (Lipinski definition) is 5. The maximum atomic E-state index is 14.0. The van der Waals surface area contributed by atoms with Crippen molar-refractivity contribution in [1.82, 2.24) is 4.98 Å². The summed E-state index contributed by atoms with van der Waals surface area (Å²) in [6, 6.07) is 15.6. The van der Waals surface area contributed by atoms with Crippen LogP contribution in [0.1, 0.15) is 53.7 Å². The molecule has 178 valence electrons. The molecule has 6 nitrogen and oxygen atoms in total. The third-order valence-electron chi connectivity index (χ3n) is 6.09. The fourth-order valence-electron chi connectivity index (χ4n) is 4.35. The summed E-state index contributed by atoms with van der Waals surface area (Å²) in [5, 5.41) is 0.0879. The zero-order valence-electron chi connectivity index (χ0n) is 19.7. The average molecular weight is 473 g/mol. The molecule has 1 atom stereocenters. The Labute approximate surface area is 202 Å². The van der Waals surface area contributed by atoms with Gasteiger partial charge in [0.2, 0.25) is 5.76 Å². The van der Waals surface area contributed by atoms with Crippen molar-refractivity contribution in [2.45, 2.75) is 33.2 Å². The van der Waals surface area contributed by atoms with Crippen LogP contribution in [0.25, 0.3) is 11.0 Å². The summed E-state index contributed by atoms with van der Waals surface area (Å²) in [5.74, 6) is 0.442. The van der Waals surface area contributed by atoms with E-state index in [-0.39, 0.29) is 22.3 Å². The number of halogens is 1. The van der Waals surface area contributed by atoms with Crippen LogP contribution in [0.3, 0.4) is 0 Å². The van der Waals surface area contributed by atoms with E-state index in [9.17, 15) is 14.0 Å². The number of hydrogen-bond donors (Lipinski definition) is 0. The largest absolute Gasteiger partial charge is 0.494 e. The van der Waals surface area contributed by atoms with Crippen LogP contribution < -0.4 is 15.1 Å². The number of anilines is 1. The molecule has 0 fully saturated rings. The van der Waals surface area contributed by atoms with Crippen molar-refractivity contribution in [2.24, 2.45) is 5.92 Å². The van der Waals surface area contributed by atoms with Crippen molar-refractivity contribution in [1.29, 1.82) is 0 Å². The molecule has 3 heterocycles. The first-order chi connectivity index (χ1) is 16.8. The highest BCUT2D eigenvalue weighted by Gasteiger charge is 2.44. The van der Waals surface area contributed by atoms with Crippen LogP contribution in [-0.4, -0.2) is 17.5 Å². The lowest BCUT2D eigenvalue weighted by molar-refractivity contribution is 0.0970. The van der Waals surface area contributed by atoms with Crippen molar-refractivity contribution < 1.29 is 18.3 Å². The molecule has 2 aromatic carbocycles. The van der Waals surface area contributed by atoms with Gasteiger partial charge in [-0.3, -0.25) is 14.5 Å². The van der Waals surface area contributed by atoms with Crippen LogP contribution in [0, 0.1) is 18.7 Å². The Morgan fingerprint density at radius 2 is 1.89 bits per heavy atom. The van der Waals surface area contributed by atoms with Crippen LogP contribution in [-0.2, 0) is 0 Å². The number of nitrogens with zero attached hydrogens (tertiary/aromatic N) is 2. The summed E-state index contributed by atoms with van der Waals surface area (Å²) in [5.41, 5.74) is 1.27. The van der Waals surface area contributed by atoms with E-state index in [1.54, 1.807) is 12.1 Å². The van der Waals surface area contributed by atoms with E-state index in [4.69, 9.17) is 9.15 Å². The number of aryl methyl sites for hydroxylation is 1. The van der Waals surface area contributed by atoms with Gasteiger partial charge in [0.15, 0.2) is 5.43 Å². The first-order valence-electron chi connectivity index (χ1n) is 11.6. The molecule has 1 amide bonds. The Morgan fingerprint density at radius 3 is 2.66 bits per heavy atom. The second kappa shape index (κ2) is 8.98. The third-order valence-corrected chi connectivity index (χ3v) is 6.09. The Morgan fingerprint density at radius 1 is 1.09 bits per heavy atom. The van der Waals surface area contributed by atoms with Crippen LogP contribution in [0.2, 0.25) is 0 Å². The van der Waals surface area contributed by atoms with Gasteiger partial charge >= 0.3 is 0 Å². The van der Waals surface area contributed by atoms with Crippen molar-refractivity contribution in [3.8, 4) is 5.75 Å². The van der Waals surface area contributed by atoms with Gasteiger partial charge in [-0.25, -0.2) is 9.37 Å². The van der Waals surface area contributed by atoms with Gasteiger partial charge < -0.3 is 9.15 Å². The first-order valence-corrected chi connectivity index (χ1v) is 11.6. The Kier molecular flexibility index (Phi) is 5.84. The topological polar surface area (TPSA) is 72.6 Å². The summed E-state index contributed by atoms with van der Waals surface area (Å²) in [4.78, 5) is 33.3. The van der Waals surface area contributed by atoms with E-state index < -0.39 is 23.2 Å². The molecule has 0 radical (unpaired) electrons. The predicted molar refractivity (Wildman–Crippen MR) is 131 cm³/mol. The van der Waals surface area contributed by atoms with Crippen molar-refractivity contribution >= 4 is 22.7 Å². The number of amides is 1. The Balaban J connectivity index is 1.69. The van der Waals surface area contributed by atoms with Crippen molar-refractivity contribution in [3.63, 3.8) is 0 Å². The van der Waals surface area contributed by atoms with Gasteiger partial charge in [0.1, 0.15) is 23.0 Å². The number of benzene rings is 2. The van der Waals surface area contributed by atoms with E-state index in [1.165, 1.54) is 17.0 Å². The minimum absolute atomic E-state index is 0.0615. The van der Waals surface area contributed by atoms with Gasteiger partial charge in [0.25, 0.3) is 5.91 Å². The minimum Gasteiger partial charge on any atom is -0.494 e. The second-order valence-electron chi connectivity index (χ2n) is 9.13. The first kappa shape index (κ1) is 22.8. The average Bonchev–Trinajstić information content (AvgIpc) is 3.12. The second-order valence-corrected chi connectivity index (χ2v) is 9.13. The van der Waals surface area contributed by atoms with Gasteiger partial charge in [-0.05, 0) is 67.3 Å². The maximum Gasteiger partial charge on any atom is 0.296 e. The molecular weight excluding hydrogens is 447 g/mol. The lowest BCUT2D eigenvalue weighted by Gasteiger charge is -2.25. The van der Waals surface area contributed by atoms with Crippen LogP contribution in [0.4, 0.5) is 10.2 Å². The summed E-state index contributed by atoms with van der Waals surface area (Å²) in [6.45, 7) is 6.63. The van der Waals surface area contributed by atoms with E-state index in [2.05, 4.69) is 18.8 Å². The summed E-state index contributed by atoms with van der Waals surface area (Å²) in [6.07, 6.45) is 0.898. The number of pyridine rings is 1. The molecule has 0 saturated heterocycles. The maximum absolute atomic E-state index is 14.0. The van der Waals surface area contributed by atoms with Gasteiger partial charge in [-0.2, -0.15) is 0 Å². The van der Waals surface area contributed by atoms with Gasteiger partial charge in [0, 0.05) is 5.69 Å². The fourth-order valence-corrected chi connectivity index (χ4v) is 4.35. The van der Waals surface area contributed by atoms with Crippen molar-refractivity contribution in [3.05, 3.63) is 99.3 Å². The zero-order valence-corrected chi connectivity index (χ0v) is 19.7. The van der Waals surface area contributed by atoms with E-state index in [0.29, 0.717) is 29.7 Å². The van der Waals surface area contributed by atoms with Gasteiger partial charge in [0.05, 0.1) is 23.6 Å². The highest BCUT2D eigenvalue weighted by atomic mass is 19.1. The molecule has 35 heavy (non-hydrogen) atoms. The summed E-state index contributed by atoms with van der Waals surface area (Å²) in [7, 11) is 0. The Hall–Kier alpha value is -4.00. The molecule has 2 aromatic heterocycles. The number of carbonyl (C=O) groups excluding carboxylic acids is 1. The number of ether oxygens (including phenoxy) is 1. The highest BCUT2D eigenvalue weighted by Crippen LogP contribution is 2.41. The predicted octanol–water partition coefficient (Wildman–Crippen LogP) is 5.81. The number of rotatable bonds is 6. The van der Waals surface area contributed by atoms with Crippen LogP contribution in [0.15, 0.2) is 69.9 Å². The minimum atomic E-state index is -0.802. The molecule has 5 rings (SSSR count). The number of carbonyl (C=O) groups is 1. The normalized spacial score (nSPS) is 15.2. The van der Waals surface area contributed by atoms with Crippen molar-refractivity contribution in [2.75, 3.05) is 11.5 Å². The highest BCUT2D eigenvalue weighted by molar-refractivity contribution is 6.10. The monoisotopic (exact) mass is 472 g/mol. The fraction of sp³-hybridized carbons (Fsp3) is 0.250. The van der Waals surface area contributed by atoms with Crippen LogP contribution in [0.5, 0.6) is 5.75 Å². The molecule has 0 bridgehead atoms. The van der Waals surface area contributed by atoms with Gasteiger partial charge in [-0.1, -0.05) is 32.0 Å². The van der Waals surface area contributed by atoms with Gasteiger partial charge in [-0.15, -0.1) is 0 Å². The molecule has 1 aliphatic heterocycles. The molecule has 1 aliphatic rings. The number of aromatic nitrogens is 1. The Bertz CT molecular complexity index is 1490. The smallest absolute Gasteiger partial charge is 0.296 e. The summed E-state index contributed by atoms with van der Waals surface area (Å²) >= 11 is 0. The molecule has 1 unspecified atom stereocenters. The van der Waals surface area contributed by atoms with E-state index >= 15 is 0 Å².